The molecule has 0 aromatic rings. The van der Waals surface area contributed by atoms with Crippen LogP contribution >= 0.6 is 0 Å². The van der Waals surface area contributed by atoms with Crippen LogP contribution in [0.15, 0.2) is 23.5 Å². The summed E-state index contributed by atoms with van der Waals surface area (Å²) < 4.78 is 40.3. The van der Waals surface area contributed by atoms with E-state index < -0.39 is 12.8 Å². The summed E-state index contributed by atoms with van der Waals surface area (Å²) in [5, 5.41) is 0. The lowest BCUT2D eigenvalue weighted by atomic mass is 9.94. The maximum Gasteiger partial charge on any atom is 0.422 e. The lowest BCUT2D eigenvalue weighted by Gasteiger charge is -2.19. The number of alkyl halides is 3. The van der Waals surface area contributed by atoms with Gasteiger partial charge in [0.2, 0.25) is 0 Å². The standard InChI is InChI=1S/C10H14F3NO/c1-7-4-8(5-14)2-3-9(7)15-6-10(11,12)13/h2-3,8H,4-6,14H2,1H3. The lowest BCUT2D eigenvalue weighted by molar-refractivity contribution is -0.164. The summed E-state index contributed by atoms with van der Waals surface area (Å²) in [4.78, 5) is 0. The van der Waals surface area contributed by atoms with E-state index in [0.29, 0.717) is 18.7 Å². The van der Waals surface area contributed by atoms with E-state index in [-0.39, 0.29) is 5.92 Å². The molecule has 0 amide bonds. The van der Waals surface area contributed by atoms with Crippen LogP contribution in [0.3, 0.4) is 0 Å². The van der Waals surface area contributed by atoms with Gasteiger partial charge in [0, 0.05) is 0 Å². The van der Waals surface area contributed by atoms with E-state index >= 15 is 0 Å². The smallest absolute Gasteiger partial charge is 0.422 e. The van der Waals surface area contributed by atoms with Crippen molar-refractivity contribution in [2.45, 2.75) is 19.5 Å². The van der Waals surface area contributed by atoms with Gasteiger partial charge in [-0.3, -0.25) is 0 Å². The molecule has 1 aliphatic carbocycles. The minimum Gasteiger partial charge on any atom is -0.484 e. The molecule has 1 atom stereocenters. The molecule has 0 aromatic carbocycles. The molecule has 0 fully saturated rings. The van der Waals surface area contributed by atoms with Gasteiger partial charge in [-0.2, -0.15) is 13.2 Å². The van der Waals surface area contributed by atoms with Gasteiger partial charge in [-0.15, -0.1) is 0 Å². The number of hydrogen-bond donors (Lipinski definition) is 1. The highest BCUT2D eigenvalue weighted by Gasteiger charge is 2.29. The van der Waals surface area contributed by atoms with Crippen molar-refractivity contribution in [1.82, 2.24) is 0 Å². The molecule has 1 rings (SSSR count). The Morgan fingerprint density at radius 2 is 2.20 bits per heavy atom. The molecule has 2 N–H and O–H groups in total. The van der Waals surface area contributed by atoms with E-state index in [9.17, 15) is 13.2 Å². The highest BCUT2D eigenvalue weighted by atomic mass is 19.4. The second-order valence-electron chi connectivity index (χ2n) is 3.61. The van der Waals surface area contributed by atoms with Gasteiger partial charge >= 0.3 is 6.18 Å². The quantitative estimate of drug-likeness (QED) is 0.794. The zero-order chi connectivity index (χ0) is 11.5. The number of allylic oxidation sites excluding steroid dienone is 2. The molecule has 0 spiro atoms. The van der Waals surface area contributed by atoms with Gasteiger partial charge in [0.1, 0.15) is 5.76 Å². The fraction of sp³-hybridized carbons (Fsp3) is 0.600. The summed E-state index contributed by atoms with van der Waals surface area (Å²) in [5.41, 5.74) is 6.28. The first-order valence-electron chi connectivity index (χ1n) is 4.70. The van der Waals surface area contributed by atoms with E-state index in [2.05, 4.69) is 4.74 Å². The fourth-order valence-corrected chi connectivity index (χ4v) is 1.42. The van der Waals surface area contributed by atoms with Crippen LogP contribution in [0, 0.1) is 5.92 Å². The number of hydrogen-bond acceptors (Lipinski definition) is 2. The second-order valence-corrected chi connectivity index (χ2v) is 3.61. The predicted octanol–water partition coefficient (Wildman–Crippen LogP) is 2.37. The molecule has 1 aliphatic rings. The number of halogens is 3. The first kappa shape index (κ1) is 12.1. The summed E-state index contributed by atoms with van der Waals surface area (Å²) in [7, 11) is 0. The van der Waals surface area contributed by atoms with Crippen LogP contribution in [-0.4, -0.2) is 19.3 Å². The van der Waals surface area contributed by atoms with Gasteiger partial charge < -0.3 is 10.5 Å². The first-order valence-corrected chi connectivity index (χ1v) is 4.70. The van der Waals surface area contributed by atoms with Crippen molar-refractivity contribution >= 4 is 0 Å². The maximum absolute atomic E-state index is 11.9. The third-order valence-electron chi connectivity index (χ3n) is 2.20. The van der Waals surface area contributed by atoms with Crippen LogP contribution in [-0.2, 0) is 4.74 Å². The van der Waals surface area contributed by atoms with E-state index in [0.717, 1.165) is 5.57 Å². The summed E-state index contributed by atoms with van der Waals surface area (Å²) in [6, 6.07) is 0. The summed E-state index contributed by atoms with van der Waals surface area (Å²) in [6.45, 7) is 1.02. The first-order chi connectivity index (χ1) is 6.92. The molecule has 0 bridgehead atoms. The van der Waals surface area contributed by atoms with Crippen molar-refractivity contribution in [1.29, 1.82) is 0 Å². The van der Waals surface area contributed by atoms with E-state index in [1.165, 1.54) is 0 Å². The monoisotopic (exact) mass is 221 g/mol. The molecule has 0 saturated carbocycles. The molecule has 2 nitrogen and oxygen atoms in total. The van der Waals surface area contributed by atoms with Crippen LogP contribution in [0.2, 0.25) is 0 Å². The van der Waals surface area contributed by atoms with Crippen LogP contribution in [0.1, 0.15) is 13.3 Å². The summed E-state index contributed by atoms with van der Waals surface area (Å²) >= 11 is 0. The van der Waals surface area contributed by atoms with Gasteiger partial charge in [0.15, 0.2) is 6.61 Å². The Kier molecular flexibility index (Phi) is 3.79. The van der Waals surface area contributed by atoms with Gasteiger partial charge in [-0.1, -0.05) is 6.08 Å². The van der Waals surface area contributed by atoms with E-state index in [1.54, 1.807) is 19.1 Å². The van der Waals surface area contributed by atoms with Crippen molar-refractivity contribution in [3.63, 3.8) is 0 Å². The molecule has 0 aliphatic heterocycles. The molecular weight excluding hydrogens is 207 g/mol. The third kappa shape index (κ3) is 3.95. The van der Waals surface area contributed by atoms with Crippen molar-refractivity contribution < 1.29 is 17.9 Å². The lowest BCUT2D eigenvalue weighted by Crippen LogP contribution is -2.19. The molecule has 1 unspecified atom stereocenters. The topological polar surface area (TPSA) is 35.2 Å². The largest absolute Gasteiger partial charge is 0.484 e. The Morgan fingerprint density at radius 3 is 2.67 bits per heavy atom. The van der Waals surface area contributed by atoms with Crippen LogP contribution in [0.5, 0.6) is 0 Å². The molecule has 5 heteroatoms. The van der Waals surface area contributed by atoms with Gasteiger partial charge in [0.05, 0.1) is 0 Å². The summed E-state index contributed by atoms with van der Waals surface area (Å²) in [5.74, 6) is 0.528. The molecule has 0 radical (unpaired) electrons. The van der Waals surface area contributed by atoms with Crippen molar-refractivity contribution in [2.24, 2.45) is 11.7 Å². The van der Waals surface area contributed by atoms with E-state index in [4.69, 9.17) is 5.73 Å². The Bertz CT molecular complexity index is 281. The van der Waals surface area contributed by atoms with Crippen LogP contribution in [0.4, 0.5) is 13.2 Å². The number of ether oxygens (including phenoxy) is 1. The Hall–Kier alpha value is -0.970. The Labute approximate surface area is 86.6 Å². The minimum atomic E-state index is -4.29. The average molecular weight is 221 g/mol. The SMILES string of the molecule is CC1=C(OCC(F)(F)F)C=CC(CN)C1. The molecule has 86 valence electrons. The van der Waals surface area contributed by atoms with Gasteiger partial charge in [-0.25, -0.2) is 0 Å². The molecule has 15 heavy (non-hydrogen) atoms. The summed E-state index contributed by atoms with van der Waals surface area (Å²) in [6.07, 6.45) is -0.257. The molecule has 0 saturated heterocycles. The Balaban J connectivity index is 2.53. The zero-order valence-corrected chi connectivity index (χ0v) is 8.47. The van der Waals surface area contributed by atoms with Crippen molar-refractivity contribution in [3.05, 3.63) is 23.5 Å². The van der Waals surface area contributed by atoms with Crippen LogP contribution < -0.4 is 5.73 Å². The minimum absolute atomic E-state index is 0.211. The highest BCUT2D eigenvalue weighted by Crippen LogP contribution is 2.25. The highest BCUT2D eigenvalue weighted by molar-refractivity contribution is 5.25. The van der Waals surface area contributed by atoms with Gasteiger partial charge in [0.25, 0.3) is 0 Å². The second kappa shape index (κ2) is 4.70. The number of rotatable bonds is 3. The normalized spacial score (nSPS) is 22.1. The zero-order valence-electron chi connectivity index (χ0n) is 8.47. The predicted molar refractivity (Wildman–Crippen MR) is 51.0 cm³/mol. The maximum atomic E-state index is 11.9. The molecular formula is C10H14F3NO. The number of nitrogens with two attached hydrogens (primary N) is 1. The molecule has 0 heterocycles. The Morgan fingerprint density at radius 1 is 1.53 bits per heavy atom. The van der Waals surface area contributed by atoms with Crippen molar-refractivity contribution in [2.75, 3.05) is 13.2 Å². The van der Waals surface area contributed by atoms with Crippen molar-refractivity contribution in [3.8, 4) is 0 Å². The average Bonchev–Trinajstić information content (AvgIpc) is 2.14. The third-order valence-corrected chi connectivity index (χ3v) is 2.20. The fourth-order valence-electron chi connectivity index (χ4n) is 1.42. The van der Waals surface area contributed by atoms with Crippen LogP contribution in [0.25, 0.3) is 0 Å². The molecule has 0 aromatic heterocycles. The van der Waals surface area contributed by atoms with E-state index in [1.807, 2.05) is 0 Å². The van der Waals surface area contributed by atoms with Gasteiger partial charge in [-0.05, 0) is 37.5 Å².